The molecule has 9 aromatic rings. The van der Waals surface area contributed by atoms with Crippen LogP contribution in [0.25, 0.3) is 33.1 Å². The Hall–Kier alpha value is -6.98. The highest BCUT2D eigenvalue weighted by Crippen LogP contribution is 2.44. The van der Waals surface area contributed by atoms with Crippen LogP contribution in [0.5, 0.6) is 11.5 Å². The zero-order valence-electron chi connectivity index (χ0n) is 28.7. The molecule has 248 valence electrons. The van der Waals surface area contributed by atoms with E-state index in [1.54, 1.807) is 0 Å². The second kappa shape index (κ2) is 11.8. The molecule has 0 N–H and O–H groups in total. The smallest absolute Gasteiger partial charge is 0.256 e. The summed E-state index contributed by atoms with van der Waals surface area (Å²) in [5.74, 6) is 1.65. The van der Waals surface area contributed by atoms with Crippen molar-refractivity contribution in [2.75, 3.05) is 9.80 Å². The molecule has 2 aliphatic rings. The maximum Gasteiger partial charge on any atom is 0.256 e. The number of nitrogens with zero attached hydrogens (tertiary/aromatic N) is 2. The number of anilines is 6. The van der Waals surface area contributed by atoms with Gasteiger partial charge >= 0.3 is 0 Å². The topological polar surface area (TPSA) is 28.9 Å². The molecule has 11 rings (SSSR count). The summed E-state index contributed by atoms with van der Waals surface area (Å²) in [4.78, 5) is 4.64. The molecular weight excluding hydrogens is 647 g/mol. The monoisotopic (exact) mass is 678 g/mol. The van der Waals surface area contributed by atoms with Crippen LogP contribution in [-0.4, -0.2) is 6.71 Å². The molecule has 0 spiro atoms. The Morgan fingerprint density at radius 1 is 0.472 bits per heavy atom. The average molecular weight is 679 g/mol. The van der Waals surface area contributed by atoms with Gasteiger partial charge < -0.3 is 19.0 Å². The maximum atomic E-state index is 6.90. The summed E-state index contributed by atoms with van der Waals surface area (Å²) in [5.41, 5.74) is 14.1. The molecule has 8 aromatic carbocycles. The third-order valence-corrected chi connectivity index (χ3v) is 10.7. The number of benzene rings is 8. The van der Waals surface area contributed by atoms with Crippen molar-refractivity contribution in [3.63, 3.8) is 0 Å². The Kier molecular flexibility index (Phi) is 6.61. The first-order chi connectivity index (χ1) is 26.3. The second-order valence-electron chi connectivity index (χ2n) is 13.7. The predicted octanol–water partition coefficient (Wildman–Crippen LogP) is 11.1. The van der Waals surface area contributed by atoms with Crippen molar-refractivity contribution in [2.24, 2.45) is 0 Å². The first kappa shape index (κ1) is 29.7. The van der Waals surface area contributed by atoms with Crippen LogP contribution in [0.2, 0.25) is 0 Å². The van der Waals surface area contributed by atoms with Gasteiger partial charge in [-0.05, 0) is 94.2 Å². The first-order valence-electron chi connectivity index (χ1n) is 18.0. The van der Waals surface area contributed by atoms with E-state index in [-0.39, 0.29) is 6.71 Å². The van der Waals surface area contributed by atoms with Gasteiger partial charge in [0.1, 0.15) is 11.3 Å². The SMILES string of the molecule is c1ccc(-c2ccc(N(c3ccccc3)c3ccc4c(c3)oc3c5c(ccc34)B3c4ccccc4N(c4ccccc4)c4cccc(c43)O5)cc2)cc1. The lowest BCUT2D eigenvalue weighted by Gasteiger charge is -2.39. The lowest BCUT2D eigenvalue weighted by Crippen LogP contribution is -2.59. The van der Waals surface area contributed by atoms with E-state index in [4.69, 9.17) is 9.15 Å². The Labute approximate surface area is 307 Å². The van der Waals surface area contributed by atoms with E-state index in [1.807, 2.05) is 6.07 Å². The molecule has 4 nitrogen and oxygen atoms in total. The summed E-state index contributed by atoms with van der Waals surface area (Å²) in [6, 6.07) is 66.4. The lowest BCUT2D eigenvalue weighted by molar-refractivity contribution is 0.481. The Morgan fingerprint density at radius 2 is 1.11 bits per heavy atom. The lowest BCUT2D eigenvalue weighted by atomic mass is 9.34. The number of hydrogen-bond donors (Lipinski definition) is 0. The van der Waals surface area contributed by atoms with Crippen molar-refractivity contribution in [1.82, 2.24) is 0 Å². The summed E-state index contributed by atoms with van der Waals surface area (Å²) in [7, 11) is 0. The molecule has 3 heterocycles. The largest absolute Gasteiger partial charge is 0.454 e. The number of hydrogen-bond acceptors (Lipinski definition) is 4. The molecular formula is C48H31BN2O2. The zero-order valence-corrected chi connectivity index (χ0v) is 28.7. The molecule has 0 aliphatic carbocycles. The summed E-state index contributed by atoms with van der Waals surface area (Å²) in [6.45, 7) is 0.00159. The van der Waals surface area contributed by atoms with Gasteiger partial charge in [0.2, 0.25) is 0 Å². The molecule has 53 heavy (non-hydrogen) atoms. The Balaban J connectivity index is 1.05. The van der Waals surface area contributed by atoms with E-state index in [9.17, 15) is 0 Å². The molecule has 0 bridgehead atoms. The van der Waals surface area contributed by atoms with Gasteiger partial charge in [-0.25, -0.2) is 0 Å². The van der Waals surface area contributed by atoms with Crippen LogP contribution in [0, 0.1) is 0 Å². The van der Waals surface area contributed by atoms with Gasteiger partial charge in [-0.3, -0.25) is 0 Å². The molecule has 0 fully saturated rings. The second-order valence-corrected chi connectivity index (χ2v) is 13.7. The molecule has 0 unspecified atom stereocenters. The average Bonchev–Trinajstić information content (AvgIpc) is 3.61. The van der Waals surface area contributed by atoms with Gasteiger partial charge in [0.25, 0.3) is 6.71 Å². The molecule has 1 aromatic heterocycles. The van der Waals surface area contributed by atoms with Crippen LogP contribution in [0.3, 0.4) is 0 Å². The van der Waals surface area contributed by atoms with E-state index < -0.39 is 0 Å². The molecule has 0 atom stereocenters. The van der Waals surface area contributed by atoms with Crippen molar-refractivity contribution in [2.45, 2.75) is 0 Å². The van der Waals surface area contributed by atoms with Crippen LogP contribution >= 0.6 is 0 Å². The van der Waals surface area contributed by atoms with Crippen molar-refractivity contribution in [3.8, 4) is 22.6 Å². The maximum absolute atomic E-state index is 6.90. The number of para-hydroxylation sites is 3. The van der Waals surface area contributed by atoms with Gasteiger partial charge in [0.05, 0.1) is 0 Å². The van der Waals surface area contributed by atoms with E-state index in [2.05, 4.69) is 192 Å². The predicted molar refractivity (Wildman–Crippen MR) is 220 cm³/mol. The minimum atomic E-state index is 0.00159. The fourth-order valence-electron chi connectivity index (χ4n) is 8.36. The van der Waals surface area contributed by atoms with Gasteiger partial charge in [0.15, 0.2) is 11.3 Å². The number of rotatable bonds is 5. The van der Waals surface area contributed by atoms with Crippen molar-refractivity contribution in [1.29, 1.82) is 0 Å². The molecule has 0 radical (unpaired) electrons. The van der Waals surface area contributed by atoms with Crippen LogP contribution < -0.4 is 30.9 Å². The highest BCUT2D eigenvalue weighted by Gasteiger charge is 2.42. The Morgan fingerprint density at radius 3 is 1.92 bits per heavy atom. The highest BCUT2D eigenvalue weighted by molar-refractivity contribution is 6.99. The number of ether oxygens (including phenoxy) is 1. The molecule has 2 aliphatic heterocycles. The normalized spacial score (nSPS) is 12.6. The highest BCUT2D eigenvalue weighted by atomic mass is 16.5. The number of fused-ring (bicyclic) bond motifs is 8. The van der Waals surface area contributed by atoms with Crippen LogP contribution in [0.1, 0.15) is 0 Å². The zero-order chi connectivity index (χ0) is 34.9. The van der Waals surface area contributed by atoms with Gasteiger partial charge in [-0.15, -0.1) is 0 Å². The third-order valence-electron chi connectivity index (χ3n) is 10.7. The first-order valence-corrected chi connectivity index (χ1v) is 18.0. The summed E-state index contributed by atoms with van der Waals surface area (Å²) in [5, 5.41) is 2.10. The van der Waals surface area contributed by atoms with E-state index in [1.165, 1.54) is 27.7 Å². The molecule has 0 amide bonds. The van der Waals surface area contributed by atoms with Crippen molar-refractivity contribution in [3.05, 3.63) is 188 Å². The van der Waals surface area contributed by atoms with E-state index in [0.717, 1.165) is 67.3 Å². The summed E-state index contributed by atoms with van der Waals surface area (Å²) < 4.78 is 13.8. The van der Waals surface area contributed by atoms with Crippen LogP contribution in [0.15, 0.2) is 192 Å². The minimum absolute atomic E-state index is 0.00159. The van der Waals surface area contributed by atoms with Crippen molar-refractivity contribution < 1.29 is 9.15 Å². The summed E-state index contributed by atoms with van der Waals surface area (Å²) >= 11 is 0. The quantitative estimate of drug-likeness (QED) is 0.170. The fraction of sp³-hybridized carbons (Fsp3) is 0. The van der Waals surface area contributed by atoms with Gasteiger partial charge in [-0.2, -0.15) is 0 Å². The molecule has 0 saturated heterocycles. The number of furan rings is 1. The van der Waals surface area contributed by atoms with Crippen molar-refractivity contribution >= 4 is 79.2 Å². The summed E-state index contributed by atoms with van der Waals surface area (Å²) in [6.07, 6.45) is 0. The Bertz CT molecular complexity index is 2820. The van der Waals surface area contributed by atoms with E-state index in [0.29, 0.717) is 0 Å². The van der Waals surface area contributed by atoms with Gasteiger partial charge in [-0.1, -0.05) is 115 Å². The van der Waals surface area contributed by atoms with Crippen LogP contribution in [0.4, 0.5) is 34.1 Å². The standard InChI is InChI=1S/C48H31BN2O2/c1-4-13-32(14-5-1)33-23-25-36(26-24-33)50(34-15-6-2-7-16-34)37-27-28-38-39-29-30-41-48(47(39)53-45(38)31-37)52-44-22-12-21-43-46(44)49(41)40-19-10-11-20-42(40)51(43)35-17-8-3-9-18-35/h1-31H. The molecule has 0 saturated carbocycles. The van der Waals surface area contributed by atoms with E-state index >= 15 is 0 Å². The third kappa shape index (κ3) is 4.64. The fourth-order valence-corrected chi connectivity index (χ4v) is 8.36. The van der Waals surface area contributed by atoms with Crippen LogP contribution in [-0.2, 0) is 0 Å². The van der Waals surface area contributed by atoms with Gasteiger partial charge in [0, 0.05) is 51.0 Å². The minimum Gasteiger partial charge on any atom is -0.454 e. The molecule has 5 heteroatoms.